The highest BCUT2D eigenvalue weighted by atomic mass is 16.5. The second-order valence-corrected chi connectivity index (χ2v) is 7.99. The van der Waals surface area contributed by atoms with Gasteiger partial charge in [-0.3, -0.25) is 0 Å². The molecule has 0 bridgehead atoms. The Bertz CT molecular complexity index is 616. The number of benzene rings is 1. The molecule has 1 heterocycles. The molecule has 0 radical (unpaired) electrons. The van der Waals surface area contributed by atoms with Gasteiger partial charge in [0.25, 0.3) is 0 Å². The molecule has 1 aliphatic carbocycles. The molecule has 156 valence electrons. The molecule has 3 rings (SSSR count). The second kappa shape index (κ2) is 10.7. The third-order valence-corrected chi connectivity index (χ3v) is 6.06. The number of hydrogen-bond acceptors (Lipinski definition) is 4. The van der Waals surface area contributed by atoms with Crippen LogP contribution in [-0.2, 0) is 4.74 Å². The highest BCUT2D eigenvalue weighted by Crippen LogP contribution is 2.27. The standard InChI is InChI=1S/C22H36N4O2/c1-3-25-13-15-26(16-14-25)20-10-6-5-9-19(20)24-22(27)23-12-17-28-21-11-7-4-8-18(21)2/h5-6,9-10,18,21H,3-4,7-8,11-17H2,1-2H3,(H2,23,24,27)/t18-,21-/m0/s1. The number of hydrogen-bond donors (Lipinski definition) is 2. The van der Waals surface area contributed by atoms with Crippen molar-refractivity contribution in [3.63, 3.8) is 0 Å². The minimum atomic E-state index is -0.167. The average molecular weight is 389 g/mol. The second-order valence-electron chi connectivity index (χ2n) is 7.99. The SMILES string of the molecule is CCN1CCN(c2ccccc2NC(=O)NCCO[C@H]2CCCC[C@@H]2C)CC1. The van der Waals surface area contributed by atoms with E-state index in [1.807, 2.05) is 18.2 Å². The summed E-state index contributed by atoms with van der Waals surface area (Å²) < 4.78 is 5.98. The first-order valence-corrected chi connectivity index (χ1v) is 10.9. The average Bonchev–Trinajstić information content (AvgIpc) is 2.73. The Hall–Kier alpha value is -1.79. The van der Waals surface area contributed by atoms with Crippen LogP contribution in [0.2, 0.25) is 0 Å². The van der Waals surface area contributed by atoms with Crippen LogP contribution < -0.4 is 15.5 Å². The van der Waals surface area contributed by atoms with E-state index < -0.39 is 0 Å². The molecular formula is C22H36N4O2. The molecule has 2 atom stereocenters. The van der Waals surface area contributed by atoms with Crippen molar-refractivity contribution < 1.29 is 9.53 Å². The summed E-state index contributed by atoms with van der Waals surface area (Å²) in [5, 5.41) is 5.95. The summed E-state index contributed by atoms with van der Waals surface area (Å²) in [6, 6.07) is 7.89. The Balaban J connectivity index is 1.44. The van der Waals surface area contributed by atoms with Crippen LogP contribution in [0, 0.1) is 5.92 Å². The van der Waals surface area contributed by atoms with E-state index >= 15 is 0 Å². The number of carbonyl (C=O) groups is 1. The van der Waals surface area contributed by atoms with Crippen molar-refractivity contribution in [1.29, 1.82) is 0 Å². The number of ether oxygens (including phenoxy) is 1. The first kappa shape index (κ1) is 20.9. The van der Waals surface area contributed by atoms with Crippen LogP contribution in [0.4, 0.5) is 16.2 Å². The third-order valence-electron chi connectivity index (χ3n) is 6.06. The topological polar surface area (TPSA) is 56.8 Å². The maximum absolute atomic E-state index is 12.4. The number of likely N-dealkylation sites (N-methyl/N-ethyl adjacent to an activating group) is 1. The van der Waals surface area contributed by atoms with Gasteiger partial charge >= 0.3 is 6.03 Å². The van der Waals surface area contributed by atoms with E-state index in [0.29, 0.717) is 25.2 Å². The zero-order valence-corrected chi connectivity index (χ0v) is 17.5. The van der Waals surface area contributed by atoms with Crippen molar-refractivity contribution in [2.75, 3.05) is 56.1 Å². The van der Waals surface area contributed by atoms with Gasteiger partial charge in [-0.05, 0) is 37.4 Å². The molecule has 1 saturated carbocycles. The summed E-state index contributed by atoms with van der Waals surface area (Å²) in [7, 11) is 0. The van der Waals surface area contributed by atoms with E-state index in [4.69, 9.17) is 4.74 Å². The summed E-state index contributed by atoms with van der Waals surface area (Å²) in [4.78, 5) is 17.2. The number of amides is 2. The Morgan fingerprint density at radius 1 is 1.14 bits per heavy atom. The van der Waals surface area contributed by atoms with Gasteiger partial charge in [0.05, 0.1) is 24.1 Å². The van der Waals surface area contributed by atoms with Crippen LogP contribution in [0.5, 0.6) is 0 Å². The third kappa shape index (κ3) is 5.85. The molecule has 0 spiro atoms. The molecular weight excluding hydrogens is 352 g/mol. The van der Waals surface area contributed by atoms with Gasteiger partial charge < -0.3 is 25.2 Å². The van der Waals surface area contributed by atoms with Gasteiger partial charge in [-0.25, -0.2) is 4.79 Å². The van der Waals surface area contributed by atoms with E-state index in [1.54, 1.807) is 0 Å². The molecule has 0 unspecified atom stereocenters. The number of rotatable bonds is 7. The Labute approximate surface area is 169 Å². The normalized spacial score (nSPS) is 23.4. The maximum atomic E-state index is 12.4. The van der Waals surface area contributed by atoms with Gasteiger partial charge in [0.2, 0.25) is 0 Å². The molecule has 6 heteroatoms. The highest BCUT2D eigenvalue weighted by molar-refractivity contribution is 5.93. The van der Waals surface area contributed by atoms with Crippen LogP contribution in [-0.4, -0.2) is 62.9 Å². The lowest BCUT2D eigenvalue weighted by atomic mass is 9.88. The number of piperazine rings is 1. The van der Waals surface area contributed by atoms with Gasteiger partial charge in [0, 0.05) is 32.7 Å². The molecule has 28 heavy (non-hydrogen) atoms. The fourth-order valence-electron chi connectivity index (χ4n) is 4.23. The van der Waals surface area contributed by atoms with Gasteiger partial charge in [-0.2, -0.15) is 0 Å². The van der Waals surface area contributed by atoms with Crippen LogP contribution in [0.1, 0.15) is 39.5 Å². The summed E-state index contributed by atoms with van der Waals surface area (Å²) in [6.45, 7) is 10.8. The molecule has 1 aromatic rings. The molecule has 1 saturated heterocycles. The van der Waals surface area contributed by atoms with Crippen molar-refractivity contribution in [3.05, 3.63) is 24.3 Å². The minimum Gasteiger partial charge on any atom is -0.376 e. The zero-order valence-electron chi connectivity index (χ0n) is 17.5. The van der Waals surface area contributed by atoms with E-state index in [9.17, 15) is 4.79 Å². The number of nitrogens with one attached hydrogen (secondary N) is 2. The fraction of sp³-hybridized carbons (Fsp3) is 0.682. The first-order valence-electron chi connectivity index (χ1n) is 10.9. The lowest BCUT2D eigenvalue weighted by Gasteiger charge is -2.36. The summed E-state index contributed by atoms with van der Waals surface area (Å²) in [6.07, 6.45) is 5.32. The van der Waals surface area contributed by atoms with Crippen LogP contribution >= 0.6 is 0 Å². The molecule has 6 nitrogen and oxygen atoms in total. The summed E-state index contributed by atoms with van der Waals surface area (Å²) >= 11 is 0. The number of nitrogens with zero attached hydrogens (tertiary/aromatic N) is 2. The quantitative estimate of drug-likeness (QED) is 0.702. The van der Waals surface area contributed by atoms with Crippen molar-refractivity contribution in [3.8, 4) is 0 Å². The summed E-state index contributed by atoms with van der Waals surface area (Å²) in [5.74, 6) is 0.627. The van der Waals surface area contributed by atoms with Crippen molar-refractivity contribution in [2.24, 2.45) is 5.92 Å². The van der Waals surface area contributed by atoms with E-state index in [2.05, 4.69) is 40.3 Å². The van der Waals surface area contributed by atoms with Gasteiger partial charge in [0.1, 0.15) is 0 Å². The number of carbonyl (C=O) groups excluding carboxylic acids is 1. The van der Waals surface area contributed by atoms with Gasteiger partial charge in [-0.1, -0.05) is 38.8 Å². The first-order chi connectivity index (χ1) is 13.7. The predicted molar refractivity (Wildman–Crippen MR) is 115 cm³/mol. The van der Waals surface area contributed by atoms with Gasteiger partial charge in [-0.15, -0.1) is 0 Å². The number of anilines is 2. The molecule has 2 aliphatic rings. The van der Waals surface area contributed by atoms with Crippen molar-refractivity contribution in [2.45, 2.75) is 45.6 Å². The minimum absolute atomic E-state index is 0.167. The number of para-hydroxylation sites is 2. The number of urea groups is 1. The largest absolute Gasteiger partial charge is 0.376 e. The van der Waals surface area contributed by atoms with Crippen LogP contribution in [0.3, 0.4) is 0 Å². The van der Waals surface area contributed by atoms with E-state index in [0.717, 1.165) is 50.5 Å². The fourth-order valence-corrected chi connectivity index (χ4v) is 4.23. The zero-order chi connectivity index (χ0) is 19.8. The molecule has 0 aromatic heterocycles. The smallest absolute Gasteiger partial charge is 0.319 e. The maximum Gasteiger partial charge on any atom is 0.319 e. The Morgan fingerprint density at radius 2 is 1.89 bits per heavy atom. The van der Waals surface area contributed by atoms with Crippen molar-refractivity contribution >= 4 is 17.4 Å². The van der Waals surface area contributed by atoms with E-state index in [1.165, 1.54) is 19.3 Å². The summed E-state index contributed by atoms with van der Waals surface area (Å²) in [5.41, 5.74) is 1.97. The van der Waals surface area contributed by atoms with Crippen molar-refractivity contribution in [1.82, 2.24) is 10.2 Å². The van der Waals surface area contributed by atoms with Gasteiger partial charge in [0.15, 0.2) is 0 Å². The van der Waals surface area contributed by atoms with E-state index in [-0.39, 0.29) is 6.03 Å². The lowest BCUT2D eigenvalue weighted by molar-refractivity contribution is -0.00232. The Kier molecular flexibility index (Phi) is 7.98. The van der Waals surface area contributed by atoms with Crippen LogP contribution in [0.15, 0.2) is 24.3 Å². The molecule has 2 fully saturated rings. The predicted octanol–water partition coefficient (Wildman–Crippen LogP) is 3.55. The molecule has 1 aliphatic heterocycles. The highest BCUT2D eigenvalue weighted by Gasteiger charge is 2.22. The lowest BCUT2D eigenvalue weighted by Crippen LogP contribution is -2.46. The molecule has 1 aromatic carbocycles. The molecule has 2 N–H and O–H groups in total. The Morgan fingerprint density at radius 3 is 2.64 bits per heavy atom. The molecule has 2 amide bonds. The van der Waals surface area contributed by atoms with Crippen LogP contribution in [0.25, 0.3) is 0 Å². The monoisotopic (exact) mass is 388 g/mol.